The predicted octanol–water partition coefficient (Wildman–Crippen LogP) is 1.43. The normalized spacial score (nSPS) is 14.6. The summed E-state index contributed by atoms with van der Waals surface area (Å²) in [5, 5.41) is 6.66. The summed E-state index contributed by atoms with van der Waals surface area (Å²) >= 11 is 0. The Kier molecular flexibility index (Phi) is 3.63. The second-order valence-corrected chi connectivity index (χ2v) is 4.75. The fraction of sp³-hybridized carbons (Fsp3) is 0.286. The van der Waals surface area contributed by atoms with Gasteiger partial charge in [-0.2, -0.15) is 4.98 Å². The van der Waals surface area contributed by atoms with Gasteiger partial charge in [-0.25, -0.2) is 4.79 Å². The van der Waals surface area contributed by atoms with Crippen LogP contribution in [0.3, 0.4) is 0 Å². The van der Waals surface area contributed by atoms with E-state index in [1.54, 1.807) is 17.2 Å². The van der Waals surface area contributed by atoms with Gasteiger partial charge in [0, 0.05) is 25.8 Å². The third-order valence-electron chi connectivity index (χ3n) is 3.25. The number of aromatic nitrogens is 3. The molecule has 1 fully saturated rings. The van der Waals surface area contributed by atoms with Crippen molar-refractivity contribution >= 4 is 6.03 Å². The van der Waals surface area contributed by atoms with Crippen molar-refractivity contribution in [2.45, 2.75) is 5.92 Å². The van der Waals surface area contributed by atoms with Crippen LogP contribution in [0.2, 0.25) is 0 Å². The van der Waals surface area contributed by atoms with Gasteiger partial charge in [-0.05, 0) is 12.1 Å². The van der Waals surface area contributed by atoms with Crippen LogP contribution >= 0.6 is 0 Å². The molecule has 1 aliphatic rings. The number of nitrogens with one attached hydrogen (secondary N) is 1. The molecule has 1 saturated heterocycles. The van der Waals surface area contributed by atoms with Gasteiger partial charge < -0.3 is 14.7 Å². The Morgan fingerprint density at radius 2 is 2.38 bits per heavy atom. The molecule has 0 unspecified atom stereocenters. The zero-order chi connectivity index (χ0) is 14.7. The van der Waals surface area contributed by atoms with E-state index in [2.05, 4.69) is 27.0 Å². The summed E-state index contributed by atoms with van der Waals surface area (Å²) in [7, 11) is 0. The SMILES string of the molecule is C=CCNC(=O)N1CC(c2nc(-c3ccccn3)no2)C1. The van der Waals surface area contributed by atoms with Crippen molar-refractivity contribution in [2.24, 2.45) is 0 Å². The Hall–Kier alpha value is -2.70. The van der Waals surface area contributed by atoms with Crippen molar-refractivity contribution in [3.63, 3.8) is 0 Å². The minimum Gasteiger partial charge on any atom is -0.338 e. The van der Waals surface area contributed by atoms with Crippen LogP contribution in [0.15, 0.2) is 41.6 Å². The van der Waals surface area contributed by atoms with Crippen LogP contribution in [0.5, 0.6) is 0 Å². The van der Waals surface area contributed by atoms with E-state index in [0.717, 1.165) is 0 Å². The van der Waals surface area contributed by atoms with Crippen molar-refractivity contribution in [3.8, 4) is 11.5 Å². The molecular weight excluding hydrogens is 270 g/mol. The van der Waals surface area contributed by atoms with E-state index < -0.39 is 0 Å². The second-order valence-electron chi connectivity index (χ2n) is 4.75. The first-order chi connectivity index (χ1) is 10.3. The fourth-order valence-corrected chi connectivity index (χ4v) is 2.07. The van der Waals surface area contributed by atoms with E-state index in [1.807, 2.05) is 18.2 Å². The van der Waals surface area contributed by atoms with Crippen LogP contribution in [-0.4, -0.2) is 45.7 Å². The molecule has 7 nitrogen and oxygen atoms in total. The number of carbonyl (C=O) groups excluding carboxylic acids is 1. The van der Waals surface area contributed by atoms with E-state index >= 15 is 0 Å². The highest BCUT2D eigenvalue weighted by atomic mass is 16.5. The molecule has 1 N–H and O–H groups in total. The van der Waals surface area contributed by atoms with Crippen LogP contribution in [0, 0.1) is 0 Å². The van der Waals surface area contributed by atoms with E-state index in [-0.39, 0.29) is 11.9 Å². The van der Waals surface area contributed by atoms with Gasteiger partial charge in [-0.15, -0.1) is 6.58 Å². The van der Waals surface area contributed by atoms with Crippen molar-refractivity contribution in [1.82, 2.24) is 25.3 Å². The van der Waals surface area contributed by atoms with Crippen molar-refractivity contribution in [3.05, 3.63) is 42.9 Å². The van der Waals surface area contributed by atoms with Crippen molar-refractivity contribution in [2.75, 3.05) is 19.6 Å². The highest BCUT2D eigenvalue weighted by Gasteiger charge is 2.35. The quantitative estimate of drug-likeness (QED) is 0.859. The average Bonchev–Trinajstić information content (AvgIpc) is 2.94. The monoisotopic (exact) mass is 285 g/mol. The third kappa shape index (κ3) is 2.76. The summed E-state index contributed by atoms with van der Waals surface area (Å²) in [6, 6.07) is 5.42. The van der Waals surface area contributed by atoms with Crippen molar-refractivity contribution < 1.29 is 9.32 Å². The molecule has 0 spiro atoms. The highest BCUT2D eigenvalue weighted by Crippen LogP contribution is 2.26. The van der Waals surface area contributed by atoms with Gasteiger partial charge in [-0.3, -0.25) is 4.98 Å². The summed E-state index contributed by atoms with van der Waals surface area (Å²) in [5.41, 5.74) is 0.674. The molecule has 3 rings (SSSR count). The number of rotatable bonds is 4. The lowest BCUT2D eigenvalue weighted by atomic mass is 10.0. The van der Waals surface area contributed by atoms with Crippen molar-refractivity contribution in [1.29, 1.82) is 0 Å². The lowest BCUT2D eigenvalue weighted by Crippen LogP contribution is -2.52. The van der Waals surface area contributed by atoms with Gasteiger partial charge in [0.15, 0.2) is 0 Å². The molecule has 0 atom stereocenters. The maximum absolute atomic E-state index is 11.7. The number of likely N-dealkylation sites (tertiary alicyclic amines) is 1. The first-order valence-electron chi connectivity index (χ1n) is 6.66. The zero-order valence-electron chi connectivity index (χ0n) is 11.4. The van der Waals surface area contributed by atoms with Gasteiger partial charge in [0.05, 0.1) is 5.92 Å². The molecule has 3 heterocycles. The maximum atomic E-state index is 11.7. The third-order valence-corrected chi connectivity index (χ3v) is 3.25. The van der Waals surface area contributed by atoms with Crippen LogP contribution < -0.4 is 5.32 Å². The molecule has 2 amide bonds. The summed E-state index contributed by atoms with van der Waals surface area (Å²) in [5.74, 6) is 1.10. The van der Waals surface area contributed by atoms with Crippen LogP contribution in [0.1, 0.15) is 11.8 Å². The summed E-state index contributed by atoms with van der Waals surface area (Å²) in [4.78, 5) is 21.9. The molecule has 0 aromatic carbocycles. The zero-order valence-corrected chi connectivity index (χ0v) is 11.4. The van der Waals surface area contributed by atoms with E-state index in [4.69, 9.17) is 4.52 Å². The molecule has 7 heteroatoms. The minimum atomic E-state index is -0.101. The molecule has 1 aliphatic heterocycles. The molecule has 2 aromatic heterocycles. The molecule has 0 aliphatic carbocycles. The van der Waals surface area contributed by atoms with Crippen LogP contribution in [0.25, 0.3) is 11.5 Å². The fourth-order valence-electron chi connectivity index (χ4n) is 2.07. The number of pyridine rings is 1. The van der Waals surface area contributed by atoms with Gasteiger partial charge >= 0.3 is 6.03 Å². The average molecular weight is 285 g/mol. The molecule has 0 radical (unpaired) electrons. The summed E-state index contributed by atoms with van der Waals surface area (Å²) < 4.78 is 5.26. The Balaban J connectivity index is 1.59. The molecule has 0 bridgehead atoms. The number of urea groups is 1. The first kappa shape index (κ1) is 13.3. The van der Waals surface area contributed by atoms with E-state index in [1.165, 1.54) is 0 Å². The second kappa shape index (κ2) is 5.74. The molecule has 2 aromatic rings. The lowest BCUT2D eigenvalue weighted by Gasteiger charge is -2.36. The molecule has 108 valence electrons. The van der Waals surface area contributed by atoms with E-state index in [0.29, 0.717) is 37.0 Å². The summed E-state index contributed by atoms with van der Waals surface area (Å²) in [6.45, 7) is 5.17. The number of hydrogen-bond donors (Lipinski definition) is 1. The van der Waals surface area contributed by atoms with Crippen LogP contribution in [-0.2, 0) is 0 Å². The lowest BCUT2D eigenvalue weighted by molar-refractivity contribution is 0.137. The van der Waals surface area contributed by atoms with Crippen LogP contribution in [0.4, 0.5) is 4.79 Å². The smallest absolute Gasteiger partial charge is 0.317 e. The number of hydrogen-bond acceptors (Lipinski definition) is 5. The maximum Gasteiger partial charge on any atom is 0.317 e. The van der Waals surface area contributed by atoms with Gasteiger partial charge in [0.2, 0.25) is 11.7 Å². The largest absolute Gasteiger partial charge is 0.338 e. The Morgan fingerprint density at radius 1 is 1.52 bits per heavy atom. The minimum absolute atomic E-state index is 0.0874. The number of amides is 2. The Labute approximate surface area is 121 Å². The van der Waals surface area contributed by atoms with E-state index in [9.17, 15) is 4.79 Å². The number of nitrogens with zero attached hydrogens (tertiary/aromatic N) is 4. The molecule has 0 saturated carbocycles. The van der Waals surface area contributed by atoms with Gasteiger partial charge in [0.1, 0.15) is 5.69 Å². The molecule has 21 heavy (non-hydrogen) atoms. The number of carbonyl (C=O) groups is 1. The Morgan fingerprint density at radius 3 is 3.10 bits per heavy atom. The molecular formula is C14H15N5O2. The highest BCUT2D eigenvalue weighted by molar-refractivity contribution is 5.75. The first-order valence-corrected chi connectivity index (χ1v) is 6.66. The Bertz CT molecular complexity index is 634. The van der Waals surface area contributed by atoms with Gasteiger partial charge in [-0.1, -0.05) is 17.3 Å². The summed E-state index contributed by atoms with van der Waals surface area (Å²) in [6.07, 6.45) is 3.33. The predicted molar refractivity (Wildman–Crippen MR) is 75.4 cm³/mol. The van der Waals surface area contributed by atoms with Gasteiger partial charge in [0.25, 0.3) is 0 Å². The topological polar surface area (TPSA) is 84.2 Å². The standard InChI is InChI=1S/C14H15N5O2/c1-2-6-16-14(20)19-8-10(9-19)13-17-12(18-21-13)11-5-3-4-7-15-11/h2-5,7,10H,1,6,8-9H2,(H,16,20).